The van der Waals surface area contributed by atoms with Gasteiger partial charge in [0, 0.05) is 0 Å². The van der Waals surface area contributed by atoms with Crippen LogP contribution in [0.4, 0.5) is 0 Å². The fourth-order valence-electron chi connectivity index (χ4n) is 2.21. The summed E-state index contributed by atoms with van der Waals surface area (Å²) in [6, 6.07) is 7.78. The second-order valence-corrected chi connectivity index (χ2v) is 4.49. The molecule has 0 spiro atoms. The first kappa shape index (κ1) is 10.6. The number of hydrogen-bond acceptors (Lipinski definition) is 4. The molecule has 1 aliphatic heterocycles. The van der Waals surface area contributed by atoms with Gasteiger partial charge in [0.05, 0.1) is 12.0 Å². The van der Waals surface area contributed by atoms with Crippen molar-refractivity contribution in [1.29, 1.82) is 0 Å². The van der Waals surface area contributed by atoms with Crippen molar-refractivity contribution in [3.63, 3.8) is 0 Å². The number of rotatable bonds is 3. The molecule has 0 aliphatic carbocycles. The number of nitrogens with one attached hydrogen (secondary N) is 1. The molecule has 3 rings (SSSR count). The van der Waals surface area contributed by atoms with Crippen molar-refractivity contribution in [2.45, 2.75) is 12.8 Å². The van der Waals surface area contributed by atoms with Crippen LogP contribution in [-0.4, -0.2) is 24.9 Å². The van der Waals surface area contributed by atoms with E-state index in [4.69, 9.17) is 9.26 Å². The van der Waals surface area contributed by atoms with Crippen LogP contribution in [0.15, 0.2) is 28.8 Å². The number of piperidine rings is 1. The average molecular weight is 232 g/mol. The maximum Gasteiger partial charge on any atom is 0.262 e. The van der Waals surface area contributed by atoms with Crippen LogP contribution >= 0.6 is 0 Å². The Morgan fingerprint density at radius 3 is 3.00 bits per heavy atom. The molecular weight excluding hydrogens is 216 g/mol. The SMILES string of the molecule is c1ccc2c(OCC3CCNCC3)noc2c1. The Morgan fingerprint density at radius 1 is 1.29 bits per heavy atom. The van der Waals surface area contributed by atoms with Crippen LogP contribution in [0, 0.1) is 5.92 Å². The lowest BCUT2D eigenvalue weighted by molar-refractivity contribution is 0.202. The van der Waals surface area contributed by atoms with E-state index in [0.717, 1.165) is 30.7 Å². The summed E-state index contributed by atoms with van der Waals surface area (Å²) in [5.74, 6) is 1.26. The minimum atomic E-state index is 0.624. The number of benzene rings is 1. The number of fused-ring (bicyclic) bond motifs is 1. The number of hydrogen-bond donors (Lipinski definition) is 1. The molecule has 4 nitrogen and oxygen atoms in total. The molecule has 1 N–H and O–H groups in total. The summed E-state index contributed by atoms with van der Waals surface area (Å²) >= 11 is 0. The molecule has 0 atom stereocenters. The van der Waals surface area contributed by atoms with Gasteiger partial charge in [0.2, 0.25) is 0 Å². The van der Waals surface area contributed by atoms with Gasteiger partial charge in [-0.05, 0) is 49.1 Å². The van der Waals surface area contributed by atoms with Gasteiger partial charge in [-0.2, -0.15) is 0 Å². The summed E-state index contributed by atoms with van der Waals surface area (Å²) < 4.78 is 11.0. The zero-order valence-electron chi connectivity index (χ0n) is 9.69. The first-order valence-corrected chi connectivity index (χ1v) is 6.11. The van der Waals surface area contributed by atoms with Gasteiger partial charge in [0.1, 0.15) is 0 Å². The lowest BCUT2D eigenvalue weighted by Crippen LogP contribution is -2.30. The number of nitrogens with zero attached hydrogens (tertiary/aromatic N) is 1. The average Bonchev–Trinajstić information content (AvgIpc) is 2.81. The van der Waals surface area contributed by atoms with E-state index < -0.39 is 0 Å². The Kier molecular flexibility index (Phi) is 2.96. The molecule has 0 radical (unpaired) electrons. The summed E-state index contributed by atoms with van der Waals surface area (Å²) in [6.07, 6.45) is 2.35. The smallest absolute Gasteiger partial charge is 0.262 e. The van der Waals surface area contributed by atoms with Gasteiger partial charge in [0.15, 0.2) is 5.58 Å². The molecule has 0 saturated carbocycles. The van der Waals surface area contributed by atoms with Crippen molar-refractivity contribution in [3.8, 4) is 5.88 Å². The summed E-state index contributed by atoms with van der Waals surface area (Å²) in [4.78, 5) is 0. The molecular formula is C13H16N2O2. The fraction of sp³-hybridized carbons (Fsp3) is 0.462. The monoisotopic (exact) mass is 232 g/mol. The molecule has 0 unspecified atom stereocenters. The van der Waals surface area contributed by atoms with Gasteiger partial charge < -0.3 is 14.6 Å². The van der Waals surface area contributed by atoms with Crippen LogP contribution in [0.2, 0.25) is 0 Å². The quantitative estimate of drug-likeness (QED) is 0.881. The van der Waals surface area contributed by atoms with E-state index in [2.05, 4.69) is 10.5 Å². The third kappa shape index (κ3) is 2.26. The zero-order chi connectivity index (χ0) is 11.5. The molecule has 1 fully saturated rings. The van der Waals surface area contributed by atoms with E-state index >= 15 is 0 Å². The predicted octanol–water partition coefficient (Wildman–Crippen LogP) is 2.21. The van der Waals surface area contributed by atoms with Gasteiger partial charge in [-0.25, -0.2) is 0 Å². The summed E-state index contributed by atoms with van der Waals surface area (Å²) in [6.45, 7) is 2.92. The predicted molar refractivity (Wildman–Crippen MR) is 65.1 cm³/mol. The van der Waals surface area contributed by atoms with Crippen molar-refractivity contribution < 1.29 is 9.26 Å². The molecule has 0 amide bonds. The maximum absolute atomic E-state index is 5.77. The van der Waals surface area contributed by atoms with Crippen LogP contribution in [0.1, 0.15) is 12.8 Å². The number of ether oxygens (including phenoxy) is 1. The first-order chi connectivity index (χ1) is 8.43. The van der Waals surface area contributed by atoms with Crippen molar-refractivity contribution >= 4 is 11.0 Å². The second-order valence-electron chi connectivity index (χ2n) is 4.49. The standard InChI is InChI=1S/C13H16N2O2/c1-2-4-12-11(3-1)13(15-17-12)16-9-10-5-7-14-8-6-10/h1-4,10,14H,5-9H2. The van der Waals surface area contributed by atoms with Gasteiger partial charge in [-0.15, -0.1) is 0 Å². The largest absolute Gasteiger partial charge is 0.475 e. The molecule has 1 saturated heterocycles. The van der Waals surface area contributed by atoms with Crippen LogP contribution < -0.4 is 10.1 Å². The lowest BCUT2D eigenvalue weighted by atomic mass is 9.99. The molecule has 4 heteroatoms. The molecule has 17 heavy (non-hydrogen) atoms. The van der Waals surface area contributed by atoms with E-state index in [9.17, 15) is 0 Å². The van der Waals surface area contributed by atoms with E-state index in [1.807, 2.05) is 24.3 Å². The number of para-hydroxylation sites is 1. The van der Waals surface area contributed by atoms with Crippen LogP contribution in [-0.2, 0) is 0 Å². The van der Waals surface area contributed by atoms with Crippen molar-refractivity contribution in [2.24, 2.45) is 5.92 Å². The first-order valence-electron chi connectivity index (χ1n) is 6.11. The van der Waals surface area contributed by atoms with E-state index in [1.165, 1.54) is 12.8 Å². The Hall–Kier alpha value is -1.55. The van der Waals surface area contributed by atoms with E-state index in [-0.39, 0.29) is 0 Å². The highest BCUT2D eigenvalue weighted by Crippen LogP contribution is 2.25. The minimum absolute atomic E-state index is 0.624. The van der Waals surface area contributed by atoms with Crippen molar-refractivity contribution in [3.05, 3.63) is 24.3 Å². The Labute approximate surface area is 99.9 Å². The molecule has 1 aromatic heterocycles. The second kappa shape index (κ2) is 4.75. The van der Waals surface area contributed by atoms with Crippen LogP contribution in [0.3, 0.4) is 0 Å². The molecule has 2 aromatic rings. The Balaban J connectivity index is 1.68. The summed E-state index contributed by atoms with van der Waals surface area (Å²) in [7, 11) is 0. The van der Waals surface area contributed by atoms with E-state index in [1.54, 1.807) is 0 Å². The van der Waals surface area contributed by atoms with E-state index in [0.29, 0.717) is 11.8 Å². The van der Waals surface area contributed by atoms with Crippen molar-refractivity contribution in [2.75, 3.05) is 19.7 Å². The van der Waals surface area contributed by atoms with Gasteiger partial charge in [-0.1, -0.05) is 12.1 Å². The molecule has 90 valence electrons. The highest BCUT2D eigenvalue weighted by atomic mass is 16.5. The Morgan fingerprint density at radius 2 is 2.12 bits per heavy atom. The zero-order valence-corrected chi connectivity index (χ0v) is 9.69. The highest BCUT2D eigenvalue weighted by Gasteiger charge is 2.15. The van der Waals surface area contributed by atoms with Crippen molar-refractivity contribution in [1.82, 2.24) is 10.5 Å². The molecule has 0 bridgehead atoms. The topological polar surface area (TPSA) is 47.3 Å². The fourth-order valence-corrected chi connectivity index (χ4v) is 2.21. The van der Waals surface area contributed by atoms with Gasteiger partial charge >= 0.3 is 0 Å². The van der Waals surface area contributed by atoms with Gasteiger partial charge in [-0.3, -0.25) is 0 Å². The third-order valence-corrected chi connectivity index (χ3v) is 3.26. The summed E-state index contributed by atoms with van der Waals surface area (Å²) in [5.41, 5.74) is 0.785. The molecule has 2 heterocycles. The van der Waals surface area contributed by atoms with Gasteiger partial charge in [0.25, 0.3) is 5.88 Å². The summed E-state index contributed by atoms with van der Waals surface area (Å²) in [5, 5.41) is 8.27. The van der Waals surface area contributed by atoms with Crippen LogP contribution in [0.25, 0.3) is 11.0 Å². The highest BCUT2D eigenvalue weighted by molar-refractivity contribution is 5.81. The number of aromatic nitrogens is 1. The normalized spacial score (nSPS) is 17.4. The third-order valence-electron chi connectivity index (χ3n) is 3.26. The lowest BCUT2D eigenvalue weighted by Gasteiger charge is -2.21. The maximum atomic E-state index is 5.77. The molecule has 1 aromatic carbocycles. The molecule has 1 aliphatic rings. The van der Waals surface area contributed by atoms with Crippen LogP contribution in [0.5, 0.6) is 5.88 Å². The minimum Gasteiger partial charge on any atom is -0.475 e. The Bertz CT molecular complexity index is 489.